The lowest BCUT2D eigenvalue weighted by Gasteiger charge is -2.24. The van der Waals surface area contributed by atoms with Crippen LogP contribution in [0.15, 0.2) is 83.9 Å². The van der Waals surface area contributed by atoms with Gasteiger partial charge in [-0.05, 0) is 41.5 Å². The zero-order valence-electron chi connectivity index (χ0n) is 18.7. The van der Waals surface area contributed by atoms with Crippen LogP contribution in [-0.4, -0.2) is 42.3 Å². The van der Waals surface area contributed by atoms with Gasteiger partial charge in [0.15, 0.2) is 15.0 Å². The lowest BCUT2D eigenvalue weighted by molar-refractivity contribution is -0.117. The summed E-state index contributed by atoms with van der Waals surface area (Å²) in [4.78, 5) is 19.1. The molecule has 6 nitrogen and oxygen atoms in total. The highest BCUT2D eigenvalue weighted by Gasteiger charge is 2.49. The minimum absolute atomic E-state index is 0.0364. The number of nitrogens with zero attached hydrogens (tertiary/aromatic N) is 2. The Morgan fingerprint density at radius 1 is 1.00 bits per heavy atom. The van der Waals surface area contributed by atoms with Gasteiger partial charge in [0, 0.05) is 16.0 Å². The number of fused-ring (bicyclic) bond motifs is 1. The highest BCUT2D eigenvalue weighted by molar-refractivity contribution is 8.16. The summed E-state index contributed by atoms with van der Waals surface area (Å²) in [7, 11) is -3.14. The van der Waals surface area contributed by atoms with Gasteiger partial charge >= 0.3 is 0 Å². The smallest absolute Gasteiger partial charge is 0.252 e. The second-order valence-corrected chi connectivity index (χ2v) is 12.3. The normalized spacial score (nSPS) is 21.7. The molecule has 2 heterocycles. The van der Waals surface area contributed by atoms with E-state index in [1.165, 1.54) is 11.8 Å². The summed E-state index contributed by atoms with van der Waals surface area (Å²) < 4.78 is 30.5. The largest absolute Gasteiger partial charge is 0.489 e. The number of hydrogen-bond acceptors (Lipinski definition) is 5. The first-order valence-electron chi connectivity index (χ1n) is 11.2. The molecule has 2 atom stereocenters. The molecule has 0 radical (unpaired) electrons. The summed E-state index contributed by atoms with van der Waals surface area (Å²) in [6, 6.07) is 24.3. The SMILES string of the molecule is O=C(Cc1ccccc1Cl)N=C1S[C@H]2CS(=O)(=O)C[C@@H]2N1c1ccc(OCc2ccccc2)cc1. The van der Waals surface area contributed by atoms with Crippen LogP contribution in [0.1, 0.15) is 11.1 Å². The van der Waals surface area contributed by atoms with Gasteiger partial charge in [-0.25, -0.2) is 8.42 Å². The van der Waals surface area contributed by atoms with Gasteiger partial charge in [0.2, 0.25) is 0 Å². The van der Waals surface area contributed by atoms with Gasteiger partial charge in [-0.15, -0.1) is 0 Å². The van der Waals surface area contributed by atoms with Gasteiger partial charge in [-0.3, -0.25) is 4.79 Å². The van der Waals surface area contributed by atoms with Gasteiger partial charge in [0.25, 0.3) is 5.91 Å². The lowest BCUT2D eigenvalue weighted by atomic mass is 10.1. The molecule has 35 heavy (non-hydrogen) atoms. The number of thioether (sulfide) groups is 1. The standard InChI is InChI=1S/C26H23ClN2O4S2/c27-22-9-5-4-8-19(22)14-25(30)28-26-29(23-16-35(31,32)17-24(23)34-26)20-10-12-21(13-11-20)33-15-18-6-2-1-3-7-18/h1-13,23-24H,14-17H2/t23-,24-/m0/s1. The van der Waals surface area contributed by atoms with Crippen molar-refractivity contribution in [3.63, 3.8) is 0 Å². The monoisotopic (exact) mass is 526 g/mol. The molecule has 9 heteroatoms. The van der Waals surface area contributed by atoms with Crippen molar-refractivity contribution >= 4 is 50.0 Å². The molecule has 0 unspecified atom stereocenters. The van der Waals surface area contributed by atoms with Crippen molar-refractivity contribution in [2.75, 3.05) is 16.4 Å². The van der Waals surface area contributed by atoms with Crippen LogP contribution in [0.5, 0.6) is 5.75 Å². The fourth-order valence-corrected chi connectivity index (χ4v) is 8.39. The van der Waals surface area contributed by atoms with E-state index < -0.39 is 9.84 Å². The fourth-order valence-electron chi connectivity index (χ4n) is 4.26. The zero-order chi connectivity index (χ0) is 24.4. The molecule has 180 valence electrons. The highest BCUT2D eigenvalue weighted by atomic mass is 35.5. The Morgan fingerprint density at radius 2 is 1.71 bits per heavy atom. The van der Waals surface area contributed by atoms with E-state index in [9.17, 15) is 13.2 Å². The molecule has 2 aliphatic heterocycles. The molecule has 0 aliphatic carbocycles. The second-order valence-electron chi connectivity index (χ2n) is 8.50. The van der Waals surface area contributed by atoms with E-state index >= 15 is 0 Å². The van der Waals surface area contributed by atoms with Crippen LogP contribution in [0.25, 0.3) is 0 Å². The molecule has 3 aromatic rings. The Bertz CT molecular complexity index is 1360. The number of amidine groups is 1. The Balaban J connectivity index is 1.37. The first-order chi connectivity index (χ1) is 16.9. The average molecular weight is 527 g/mol. The molecule has 0 N–H and O–H groups in total. The van der Waals surface area contributed by atoms with Gasteiger partial charge in [-0.1, -0.05) is 71.9 Å². The number of benzene rings is 3. The molecular formula is C26H23ClN2O4S2. The number of ether oxygens (including phenoxy) is 1. The first-order valence-corrected chi connectivity index (χ1v) is 14.2. The Morgan fingerprint density at radius 3 is 2.46 bits per heavy atom. The third kappa shape index (κ3) is 5.55. The minimum atomic E-state index is -3.14. The van der Waals surface area contributed by atoms with Crippen molar-refractivity contribution in [2.45, 2.75) is 24.3 Å². The molecule has 1 amide bonds. The number of rotatable bonds is 6. The number of carbonyl (C=O) groups is 1. The van der Waals surface area contributed by atoms with Crippen LogP contribution in [-0.2, 0) is 27.7 Å². The molecule has 0 bridgehead atoms. The van der Waals surface area contributed by atoms with Crippen molar-refractivity contribution in [3.8, 4) is 5.75 Å². The van der Waals surface area contributed by atoms with Crippen molar-refractivity contribution < 1.29 is 17.9 Å². The zero-order valence-corrected chi connectivity index (χ0v) is 21.1. The first kappa shape index (κ1) is 23.9. The third-order valence-electron chi connectivity index (χ3n) is 5.95. The summed E-state index contributed by atoms with van der Waals surface area (Å²) in [6.07, 6.45) is 0.0808. The maximum atomic E-state index is 12.8. The summed E-state index contributed by atoms with van der Waals surface area (Å²) in [5.74, 6) is 0.494. The number of amides is 1. The Hall–Kier alpha value is -2.81. The third-order valence-corrected chi connectivity index (χ3v) is 9.53. The van der Waals surface area contributed by atoms with Crippen molar-refractivity contribution in [2.24, 2.45) is 4.99 Å². The van der Waals surface area contributed by atoms with Crippen LogP contribution in [0, 0.1) is 0 Å². The maximum Gasteiger partial charge on any atom is 0.252 e. The molecular weight excluding hydrogens is 504 g/mol. The van der Waals surface area contributed by atoms with E-state index in [-0.39, 0.29) is 35.1 Å². The lowest BCUT2D eigenvalue weighted by Crippen LogP contribution is -2.37. The van der Waals surface area contributed by atoms with Crippen molar-refractivity contribution in [3.05, 3.63) is 95.0 Å². The van der Waals surface area contributed by atoms with Gasteiger partial charge in [0.05, 0.1) is 24.0 Å². The van der Waals surface area contributed by atoms with Gasteiger partial charge < -0.3 is 9.64 Å². The second kappa shape index (κ2) is 10.0. The van der Waals surface area contributed by atoms with Gasteiger partial charge in [0.1, 0.15) is 12.4 Å². The fraction of sp³-hybridized carbons (Fsp3) is 0.231. The van der Waals surface area contributed by atoms with E-state index in [4.69, 9.17) is 16.3 Å². The molecule has 5 rings (SSSR count). The van der Waals surface area contributed by atoms with E-state index in [1.807, 2.05) is 71.6 Å². The molecule has 3 aromatic carbocycles. The summed E-state index contributed by atoms with van der Waals surface area (Å²) in [5, 5.41) is 0.872. The highest BCUT2D eigenvalue weighted by Crippen LogP contribution is 2.41. The average Bonchev–Trinajstić information content (AvgIpc) is 3.31. The molecule has 2 fully saturated rings. The molecule has 2 saturated heterocycles. The number of sulfone groups is 1. The molecule has 0 aromatic heterocycles. The van der Waals surface area contributed by atoms with Crippen LogP contribution in [0.2, 0.25) is 5.02 Å². The van der Waals surface area contributed by atoms with Crippen molar-refractivity contribution in [1.29, 1.82) is 0 Å². The van der Waals surface area contributed by atoms with Gasteiger partial charge in [-0.2, -0.15) is 4.99 Å². The van der Waals surface area contributed by atoms with E-state index in [0.717, 1.165) is 11.3 Å². The van der Waals surface area contributed by atoms with Crippen molar-refractivity contribution in [1.82, 2.24) is 0 Å². The predicted molar refractivity (Wildman–Crippen MR) is 141 cm³/mol. The number of aliphatic imine (C=N–C) groups is 1. The number of anilines is 1. The summed E-state index contributed by atoms with van der Waals surface area (Å²) in [6.45, 7) is 0.450. The number of halogens is 1. The minimum Gasteiger partial charge on any atom is -0.489 e. The molecule has 0 spiro atoms. The quantitative estimate of drug-likeness (QED) is 0.461. The van der Waals surface area contributed by atoms with E-state index in [1.54, 1.807) is 12.1 Å². The van der Waals surface area contributed by atoms with Crippen LogP contribution in [0.3, 0.4) is 0 Å². The molecule has 2 aliphatic rings. The van der Waals surface area contributed by atoms with Crippen LogP contribution >= 0.6 is 23.4 Å². The van der Waals surface area contributed by atoms with E-state index in [0.29, 0.717) is 28.1 Å². The Kier molecular flexibility index (Phi) is 6.86. The number of carbonyl (C=O) groups excluding carboxylic acids is 1. The predicted octanol–water partition coefficient (Wildman–Crippen LogP) is 4.76. The maximum absolute atomic E-state index is 12.8. The molecule has 0 saturated carbocycles. The van der Waals surface area contributed by atoms with Crippen LogP contribution < -0.4 is 9.64 Å². The summed E-state index contributed by atoms with van der Waals surface area (Å²) >= 11 is 7.56. The van der Waals surface area contributed by atoms with Crippen LogP contribution in [0.4, 0.5) is 5.69 Å². The number of hydrogen-bond donors (Lipinski definition) is 0. The summed E-state index contributed by atoms with van der Waals surface area (Å²) in [5.41, 5.74) is 2.55. The topological polar surface area (TPSA) is 76.0 Å². The Labute approximate surface area is 213 Å². The van der Waals surface area contributed by atoms with E-state index in [2.05, 4.69) is 4.99 Å².